The van der Waals surface area contributed by atoms with Gasteiger partial charge in [-0.05, 0) is 36.8 Å². The maximum Gasteiger partial charge on any atom is 0.339 e. The van der Waals surface area contributed by atoms with Crippen molar-refractivity contribution < 1.29 is 23.8 Å². The van der Waals surface area contributed by atoms with Gasteiger partial charge in [0.05, 0.1) is 24.5 Å². The van der Waals surface area contributed by atoms with Crippen LogP contribution in [0.4, 0.5) is 5.69 Å². The van der Waals surface area contributed by atoms with E-state index >= 15 is 0 Å². The molecule has 0 saturated carbocycles. The maximum atomic E-state index is 13.1. The molecule has 0 aliphatic carbocycles. The van der Waals surface area contributed by atoms with Crippen molar-refractivity contribution in [2.75, 3.05) is 19.0 Å². The second kappa shape index (κ2) is 10.9. The van der Waals surface area contributed by atoms with Gasteiger partial charge in [0.25, 0.3) is 5.91 Å². The van der Waals surface area contributed by atoms with Crippen LogP contribution in [0, 0.1) is 0 Å². The quantitative estimate of drug-likeness (QED) is 0.506. The summed E-state index contributed by atoms with van der Waals surface area (Å²) in [6, 6.07) is 22.9. The lowest BCUT2D eigenvalue weighted by Gasteiger charge is -2.19. The highest BCUT2D eigenvalue weighted by atomic mass is 16.5. The molecule has 0 aliphatic rings. The maximum absolute atomic E-state index is 13.1. The fourth-order valence-electron chi connectivity index (χ4n) is 3.03. The molecule has 160 valence electrons. The smallest absolute Gasteiger partial charge is 0.339 e. The summed E-state index contributed by atoms with van der Waals surface area (Å²) in [6.07, 6.45) is -1.12. The number of ether oxygens (including phenoxy) is 3. The van der Waals surface area contributed by atoms with E-state index in [9.17, 15) is 9.59 Å². The number of amides is 1. The third-order valence-corrected chi connectivity index (χ3v) is 4.51. The van der Waals surface area contributed by atoms with E-state index in [1.54, 1.807) is 73.8 Å². The first kappa shape index (κ1) is 22.1. The van der Waals surface area contributed by atoms with Gasteiger partial charge in [0, 0.05) is 12.7 Å². The first-order valence-corrected chi connectivity index (χ1v) is 9.99. The molecule has 0 fully saturated rings. The molecule has 6 nitrogen and oxygen atoms in total. The lowest BCUT2D eigenvalue weighted by molar-refractivity contribution is -0.125. The van der Waals surface area contributed by atoms with Crippen LogP contribution in [0.25, 0.3) is 0 Å². The second-order valence-corrected chi connectivity index (χ2v) is 6.74. The highest BCUT2D eigenvalue weighted by Gasteiger charge is 2.26. The van der Waals surface area contributed by atoms with Gasteiger partial charge in [0.1, 0.15) is 5.75 Å². The number of para-hydroxylation sites is 2. The van der Waals surface area contributed by atoms with Gasteiger partial charge < -0.3 is 19.5 Å². The average Bonchev–Trinajstić information content (AvgIpc) is 2.80. The molecule has 1 atom stereocenters. The Morgan fingerprint density at radius 3 is 2.26 bits per heavy atom. The Morgan fingerprint density at radius 2 is 1.58 bits per heavy atom. The summed E-state index contributed by atoms with van der Waals surface area (Å²) in [5.41, 5.74) is 2.36. The molecular formula is C25H25NO5. The first-order valence-electron chi connectivity index (χ1n) is 9.99. The number of methoxy groups -OCH3 is 1. The number of esters is 1. The minimum absolute atomic E-state index is 0.350. The van der Waals surface area contributed by atoms with Gasteiger partial charge in [-0.15, -0.1) is 0 Å². The number of carbonyl (C=O) groups excluding carboxylic acids is 2. The van der Waals surface area contributed by atoms with E-state index in [2.05, 4.69) is 5.32 Å². The standard InChI is InChI=1S/C25H25NO5/c1-3-30-22-12-8-7-11-21(22)26-24(27)23(19-9-5-4-6-10-19)31-25(28)20-15-13-18(14-16-20)17-29-2/h4-16,23H,3,17H2,1-2H3,(H,26,27)/t23-/m0/s1. The third kappa shape index (κ3) is 5.93. The van der Waals surface area contributed by atoms with Gasteiger partial charge in [-0.1, -0.05) is 54.6 Å². The number of nitrogens with one attached hydrogen (secondary N) is 1. The number of rotatable bonds is 9. The van der Waals surface area contributed by atoms with Crippen molar-refractivity contribution in [2.24, 2.45) is 0 Å². The van der Waals surface area contributed by atoms with Crippen molar-refractivity contribution >= 4 is 17.6 Å². The molecule has 0 aliphatic heterocycles. The summed E-state index contributed by atoms with van der Waals surface area (Å²) in [5, 5.41) is 2.82. The predicted octanol–water partition coefficient (Wildman–Crippen LogP) is 4.77. The minimum Gasteiger partial charge on any atom is -0.492 e. The fraction of sp³-hybridized carbons (Fsp3) is 0.200. The van der Waals surface area contributed by atoms with Crippen LogP contribution in [0.2, 0.25) is 0 Å². The predicted molar refractivity (Wildman–Crippen MR) is 118 cm³/mol. The van der Waals surface area contributed by atoms with Gasteiger partial charge in [0.15, 0.2) is 0 Å². The Morgan fingerprint density at radius 1 is 0.903 bits per heavy atom. The Hall–Kier alpha value is -3.64. The monoisotopic (exact) mass is 419 g/mol. The third-order valence-electron chi connectivity index (χ3n) is 4.51. The van der Waals surface area contributed by atoms with Gasteiger partial charge in [-0.3, -0.25) is 4.79 Å². The Kier molecular flexibility index (Phi) is 7.79. The number of hydrogen-bond donors (Lipinski definition) is 1. The summed E-state index contributed by atoms with van der Waals surface area (Å²) in [4.78, 5) is 25.9. The summed E-state index contributed by atoms with van der Waals surface area (Å²) < 4.78 is 16.3. The average molecular weight is 419 g/mol. The van der Waals surface area contributed by atoms with Crippen molar-refractivity contribution in [1.82, 2.24) is 0 Å². The Bertz CT molecular complexity index is 1000. The number of benzene rings is 3. The molecule has 0 spiro atoms. The van der Waals surface area contributed by atoms with Gasteiger partial charge in [-0.25, -0.2) is 4.79 Å². The summed E-state index contributed by atoms with van der Waals surface area (Å²) >= 11 is 0. The van der Waals surface area contributed by atoms with Gasteiger partial charge >= 0.3 is 5.97 Å². The van der Waals surface area contributed by atoms with Crippen molar-refractivity contribution in [2.45, 2.75) is 19.6 Å². The fourth-order valence-corrected chi connectivity index (χ4v) is 3.03. The molecular weight excluding hydrogens is 394 g/mol. The highest BCUT2D eigenvalue weighted by molar-refractivity contribution is 5.99. The van der Waals surface area contributed by atoms with Crippen LogP contribution in [0.3, 0.4) is 0 Å². The Labute approximate surface area is 181 Å². The van der Waals surface area contributed by atoms with E-state index < -0.39 is 18.0 Å². The zero-order valence-corrected chi connectivity index (χ0v) is 17.5. The molecule has 6 heteroatoms. The normalized spacial score (nSPS) is 11.4. The zero-order chi connectivity index (χ0) is 22.1. The second-order valence-electron chi connectivity index (χ2n) is 6.74. The van der Waals surface area contributed by atoms with Crippen molar-refractivity contribution in [3.8, 4) is 5.75 Å². The molecule has 0 aromatic heterocycles. The van der Waals surface area contributed by atoms with Crippen LogP contribution in [0.15, 0.2) is 78.9 Å². The molecule has 3 rings (SSSR count). The number of anilines is 1. The summed E-state index contributed by atoms with van der Waals surface area (Å²) in [6.45, 7) is 2.78. The largest absolute Gasteiger partial charge is 0.492 e. The van der Waals surface area contributed by atoms with Crippen LogP contribution >= 0.6 is 0 Å². The van der Waals surface area contributed by atoms with E-state index in [1.807, 2.05) is 19.1 Å². The number of carbonyl (C=O) groups is 2. The molecule has 0 bridgehead atoms. The SMILES string of the molecule is CCOc1ccccc1NC(=O)[C@@H](OC(=O)c1ccc(COC)cc1)c1ccccc1. The number of hydrogen-bond acceptors (Lipinski definition) is 5. The molecule has 3 aromatic carbocycles. The molecule has 0 heterocycles. The van der Waals surface area contributed by atoms with Gasteiger partial charge in [0.2, 0.25) is 6.10 Å². The molecule has 0 unspecified atom stereocenters. The van der Waals surface area contributed by atoms with Gasteiger partial charge in [-0.2, -0.15) is 0 Å². The van der Waals surface area contributed by atoms with Crippen molar-refractivity contribution in [3.05, 3.63) is 95.6 Å². The summed E-state index contributed by atoms with van der Waals surface area (Å²) in [7, 11) is 1.61. The molecule has 1 N–H and O–H groups in total. The highest BCUT2D eigenvalue weighted by Crippen LogP contribution is 2.27. The molecule has 31 heavy (non-hydrogen) atoms. The summed E-state index contributed by atoms with van der Waals surface area (Å²) in [5.74, 6) is -0.515. The van der Waals surface area contributed by atoms with Crippen LogP contribution in [0.1, 0.15) is 34.5 Å². The van der Waals surface area contributed by atoms with E-state index in [0.717, 1.165) is 5.56 Å². The Balaban J connectivity index is 1.82. The van der Waals surface area contributed by atoms with E-state index in [1.165, 1.54) is 0 Å². The van der Waals surface area contributed by atoms with Crippen molar-refractivity contribution in [1.29, 1.82) is 0 Å². The lowest BCUT2D eigenvalue weighted by Crippen LogP contribution is -2.26. The van der Waals surface area contributed by atoms with E-state index in [0.29, 0.717) is 35.8 Å². The molecule has 1 amide bonds. The molecule has 0 saturated heterocycles. The first-order chi connectivity index (χ1) is 15.1. The lowest BCUT2D eigenvalue weighted by atomic mass is 10.1. The topological polar surface area (TPSA) is 73.9 Å². The van der Waals surface area contributed by atoms with Crippen LogP contribution in [-0.2, 0) is 20.9 Å². The zero-order valence-electron chi connectivity index (χ0n) is 17.5. The van der Waals surface area contributed by atoms with Crippen LogP contribution in [-0.4, -0.2) is 25.6 Å². The molecule has 3 aromatic rings. The van der Waals surface area contributed by atoms with E-state index in [-0.39, 0.29) is 0 Å². The minimum atomic E-state index is -1.12. The van der Waals surface area contributed by atoms with Crippen LogP contribution in [0.5, 0.6) is 5.75 Å². The van der Waals surface area contributed by atoms with Crippen molar-refractivity contribution in [3.63, 3.8) is 0 Å². The van der Waals surface area contributed by atoms with Crippen LogP contribution < -0.4 is 10.1 Å². The molecule has 0 radical (unpaired) electrons. The van der Waals surface area contributed by atoms with E-state index in [4.69, 9.17) is 14.2 Å².